The molecule has 1 amide bonds. The Kier molecular flexibility index (Phi) is 6.08. The summed E-state index contributed by atoms with van der Waals surface area (Å²) in [5, 5.41) is 4.63. The average Bonchev–Trinajstić information content (AvgIpc) is 3.19. The Morgan fingerprint density at radius 3 is 2.73 bits per heavy atom. The molecule has 8 heteroatoms. The van der Waals surface area contributed by atoms with Crippen molar-refractivity contribution in [2.24, 2.45) is 5.92 Å². The molecule has 0 spiro atoms. The van der Waals surface area contributed by atoms with E-state index >= 15 is 0 Å². The highest BCUT2D eigenvalue weighted by Crippen LogP contribution is 2.27. The van der Waals surface area contributed by atoms with Crippen molar-refractivity contribution < 1.29 is 17.9 Å². The van der Waals surface area contributed by atoms with Crippen molar-refractivity contribution in [3.63, 3.8) is 0 Å². The van der Waals surface area contributed by atoms with Gasteiger partial charge in [0.05, 0.1) is 12.5 Å². The van der Waals surface area contributed by atoms with Crippen LogP contribution in [0, 0.1) is 5.92 Å². The predicted molar refractivity (Wildman–Crippen MR) is 102 cm³/mol. The van der Waals surface area contributed by atoms with Crippen LogP contribution in [0.1, 0.15) is 18.4 Å². The SMILES string of the molecule is COCc1ccc(NC(=O)[C@@H]2CCCN(S(=O)(=O)c3cccs3)C2)cc1. The van der Waals surface area contributed by atoms with Crippen LogP contribution in [-0.4, -0.2) is 38.8 Å². The number of carbonyl (C=O) groups excluding carboxylic acids is 1. The van der Waals surface area contributed by atoms with E-state index in [0.29, 0.717) is 35.9 Å². The number of nitrogens with zero attached hydrogens (tertiary/aromatic N) is 1. The zero-order valence-electron chi connectivity index (χ0n) is 14.6. The second-order valence-electron chi connectivity index (χ2n) is 6.25. The van der Waals surface area contributed by atoms with Gasteiger partial charge in [-0.25, -0.2) is 8.42 Å². The van der Waals surface area contributed by atoms with E-state index in [0.717, 1.165) is 5.56 Å². The van der Waals surface area contributed by atoms with Gasteiger partial charge in [0.1, 0.15) is 4.21 Å². The maximum Gasteiger partial charge on any atom is 0.252 e. The van der Waals surface area contributed by atoms with Crippen LogP contribution in [0.15, 0.2) is 46.0 Å². The molecule has 140 valence electrons. The van der Waals surface area contributed by atoms with Crippen LogP contribution in [0.3, 0.4) is 0 Å². The van der Waals surface area contributed by atoms with Gasteiger partial charge in [0.15, 0.2) is 0 Å². The topological polar surface area (TPSA) is 75.7 Å². The maximum absolute atomic E-state index is 12.7. The Morgan fingerprint density at radius 2 is 2.08 bits per heavy atom. The van der Waals surface area contributed by atoms with Gasteiger partial charge in [-0.05, 0) is 42.0 Å². The van der Waals surface area contributed by atoms with Crippen LogP contribution < -0.4 is 5.32 Å². The summed E-state index contributed by atoms with van der Waals surface area (Å²) < 4.78 is 32.2. The molecule has 1 fully saturated rings. The minimum absolute atomic E-state index is 0.143. The van der Waals surface area contributed by atoms with Crippen molar-refractivity contribution in [1.29, 1.82) is 0 Å². The fourth-order valence-electron chi connectivity index (χ4n) is 3.01. The maximum atomic E-state index is 12.7. The molecular weight excluding hydrogens is 372 g/mol. The highest BCUT2D eigenvalue weighted by Gasteiger charge is 2.33. The first-order valence-corrected chi connectivity index (χ1v) is 10.7. The molecule has 6 nitrogen and oxygen atoms in total. The van der Waals surface area contributed by atoms with E-state index in [1.165, 1.54) is 15.6 Å². The van der Waals surface area contributed by atoms with Gasteiger partial charge < -0.3 is 10.1 Å². The number of hydrogen-bond donors (Lipinski definition) is 1. The van der Waals surface area contributed by atoms with Gasteiger partial charge >= 0.3 is 0 Å². The van der Waals surface area contributed by atoms with E-state index in [2.05, 4.69) is 5.32 Å². The van der Waals surface area contributed by atoms with Crippen molar-refractivity contribution >= 4 is 33.0 Å². The Hall–Kier alpha value is -1.74. The quantitative estimate of drug-likeness (QED) is 0.817. The molecule has 0 saturated carbocycles. The molecule has 2 heterocycles. The number of piperidine rings is 1. The van der Waals surface area contributed by atoms with Crippen LogP contribution in [0.4, 0.5) is 5.69 Å². The number of nitrogens with one attached hydrogen (secondary N) is 1. The summed E-state index contributed by atoms with van der Waals surface area (Å²) in [6.45, 7) is 1.19. The minimum Gasteiger partial charge on any atom is -0.380 e. The molecule has 1 aliphatic rings. The lowest BCUT2D eigenvalue weighted by Crippen LogP contribution is -2.43. The van der Waals surface area contributed by atoms with Crippen LogP contribution in [0.5, 0.6) is 0 Å². The summed E-state index contributed by atoms with van der Waals surface area (Å²) in [5.74, 6) is -0.493. The van der Waals surface area contributed by atoms with E-state index in [1.54, 1.807) is 24.6 Å². The number of thiophene rings is 1. The summed E-state index contributed by atoms with van der Waals surface area (Å²) in [6.07, 6.45) is 1.36. The number of ether oxygens (including phenoxy) is 1. The summed E-state index contributed by atoms with van der Waals surface area (Å²) >= 11 is 1.20. The number of amides is 1. The zero-order valence-corrected chi connectivity index (χ0v) is 16.2. The first-order valence-electron chi connectivity index (χ1n) is 8.43. The number of rotatable bonds is 6. The van der Waals surface area contributed by atoms with Crippen molar-refractivity contribution in [3.05, 3.63) is 47.3 Å². The summed E-state index contributed by atoms with van der Waals surface area (Å²) in [7, 11) is -1.88. The first kappa shape index (κ1) is 19.0. The minimum atomic E-state index is -3.51. The Labute approximate surface area is 157 Å². The van der Waals surface area contributed by atoms with Crippen molar-refractivity contribution in [3.8, 4) is 0 Å². The van der Waals surface area contributed by atoms with Gasteiger partial charge in [0.2, 0.25) is 5.91 Å². The Balaban J connectivity index is 1.64. The van der Waals surface area contributed by atoms with Crippen molar-refractivity contribution in [2.45, 2.75) is 23.7 Å². The molecule has 1 aliphatic heterocycles. The van der Waals surface area contributed by atoms with E-state index < -0.39 is 10.0 Å². The highest BCUT2D eigenvalue weighted by molar-refractivity contribution is 7.91. The van der Waals surface area contributed by atoms with Gasteiger partial charge in [-0.15, -0.1) is 11.3 Å². The molecule has 1 N–H and O–H groups in total. The molecule has 1 aromatic carbocycles. The van der Waals surface area contributed by atoms with E-state index in [1.807, 2.05) is 24.3 Å². The van der Waals surface area contributed by atoms with Crippen molar-refractivity contribution in [2.75, 3.05) is 25.5 Å². The average molecular weight is 395 g/mol. The summed E-state index contributed by atoms with van der Waals surface area (Å²) in [5.41, 5.74) is 1.73. The van der Waals surface area contributed by atoms with E-state index in [4.69, 9.17) is 4.74 Å². The number of methoxy groups -OCH3 is 1. The third kappa shape index (κ3) is 4.32. The van der Waals surface area contributed by atoms with Gasteiger partial charge in [-0.2, -0.15) is 4.31 Å². The third-order valence-corrected chi connectivity index (χ3v) is 7.61. The fourth-order valence-corrected chi connectivity index (χ4v) is 5.68. The number of anilines is 1. The predicted octanol–water partition coefficient (Wildman–Crippen LogP) is 2.93. The lowest BCUT2D eigenvalue weighted by Gasteiger charge is -2.30. The number of benzene rings is 1. The van der Waals surface area contributed by atoms with Gasteiger partial charge in [-0.3, -0.25) is 4.79 Å². The molecule has 3 rings (SSSR count). The van der Waals surface area contributed by atoms with Crippen LogP contribution in [0.2, 0.25) is 0 Å². The first-order chi connectivity index (χ1) is 12.5. The van der Waals surface area contributed by atoms with Crippen LogP contribution in [0.25, 0.3) is 0 Å². The normalized spacial score (nSPS) is 18.6. The summed E-state index contributed by atoms with van der Waals surface area (Å²) in [6, 6.07) is 10.8. The van der Waals surface area contributed by atoms with Crippen LogP contribution >= 0.6 is 11.3 Å². The molecular formula is C18H22N2O4S2. The van der Waals surface area contributed by atoms with E-state index in [-0.39, 0.29) is 18.4 Å². The molecule has 1 atom stereocenters. The molecule has 0 unspecified atom stereocenters. The Bertz CT molecular complexity index is 833. The number of sulfonamides is 1. The standard InChI is InChI=1S/C18H22N2O4S2/c1-24-13-14-6-8-16(9-7-14)19-18(21)15-4-2-10-20(12-15)26(22,23)17-5-3-11-25-17/h3,5-9,11,15H,2,4,10,12-13H2,1H3,(H,19,21)/t15-/m1/s1. The fraction of sp³-hybridized carbons (Fsp3) is 0.389. The smallest absolute Gasteiger partial charge is 0.252 e. The second kappa shape index (κ2) is 8.30. The van der Waals surface area contributed by atoms with Gasteiger partial charge in [0.25, 0.3) is 10.0 Å². The number of hydrogen-bond acceptors (Lipinski definition) is 5. The molecule has 2 aromatic rings. The third-order valence-electron chi connectivity index (χ3n) is 4.38. The lowest BCUT2D eigenvalue weighted by atomic mass is 9.98. The van der Waals surface area contributed by atoms with Gasteiger partial charge in [-0.1, -0.05) is 18.2 Å². The number of carbonyl (C=O) groups is 1. The second-order valence-corrected chi connectivity index (χ2v) is 9.37. The van der Waals surface area contributed by atoms with Crippen LogP contribution in [-0.2, 0) is 26.2 Å². The molecule has 1 aromatic heterocycles. The highest BCUT2D eigenvalue weighted by atomic mass is 32.2. The molecule has 1 saturated heterocycles. The molecule has 0 bridgehead atoms. The molecule has 0 radical (unpaired) electrons. The molecule has 0 aliphatic carbocycles. The molecule has 26 heavy (non-hydrogen) atoms. The zero-order chi connectivity index (χ0) is 18.6. The lowest BCUT2D eigenvalue weighted by molar-refractivity contribution is -0.120. The Morgan fingerprint density at radius 1 is 1.31 bits per heavy atom. The largest absolute Gasteiger partial charge is 0.380 e. The monoisotopic (exact) mass is 394 g/mol. The van der Waals surface area contributed by atoms with Crippen molar-refractivity contribution in [1.82, 2.24) is 4.31 Å². The summed E-state index contributed by atoms with van der Waals surface area (Å²) in [4.78, 5) is 12.6. The van der Waals surface area contributed by atoms with Gasteiger partial charge in [0, 0.05) is 25.9 Å². The van der Waals surface area contributed by atoms with E-state index in [9.17, 15) is 13.2 Å².